The van der Waals surface area contributed by atoms with Crippen LogP contribution in [0, 0.1) is 55.4 Å². The van der Waals surface area contributed by atoms with Crippen molar-refractivity contribution in [2.24, 2.45) is 0 Å². The van der Waals surface area contributed by atoms with Gasteiger partial charge >= 0.3 is 11.9 Å². The molecule has 0 amide bonds. The fraction of sp³-hybridized carbons (Fsp3) is 0.106. The van der Waals surface area contributed by atoms with E-state index in [9.17, 15) is 63.4 Å². The van der Waals surface area contributed by atoms with Crippen molar-refractivity contribution in [3.8, 4) is 24.3 Å². The molecule has 0 atom stereocenters. The van der Waals surface area contributed by atoms with Gasteiger partial charge in [-0.15, -0.1) is 0 Å². The molecule has 11 heterocycles. The third-order valence-electron chi connectivity index (χ3n) is 22.8. The number of anilines is 5. The number of hydrogen-bond donors (Lipinski definition) is 4. The highest BCUT2D eigenvalue weighted by Crippen LogP contribution is 2.43. The molecule has 0 radical (unpaired) electrons. The highest BCUT2D eigenvalue weighted by molar-refractivity contribution is 8.14. The van der Waals surface area contributed by atoms with E-state index in [0.717, 1.165) is 67.2 Å². The molecule has 22 rings (SSSR count). The molecular formula is C104H78Cl8N17O15S4+. The number of fused-ring (bicyclic) bond motifs is 11. The van der Waals surface area contributed by atoms with Gasteiger partial charge in [-0.1, -0.05) is 198 Å². The van der Waals surface area contributed by atoms with Crippen LogP contribution in [0.25, 0.3) is 75.4 Å². The van der Waals surface area contributed by atoms with Gasteiger partial charge in [-0.3, -0.25) is 67.5 Å². The summed E-state index contributed by atoms with van der Waals surface area (Å²) in [6.45, 7) is 4.27. The number of sulfonamides is 3. The average molecular weight is 2220 g/mol. The van der Waals surface area contributed by atoms with Crippen molar-refractivity contribution in [2.45, 2.75) is 66.5 Å². The summed E-state index contributed by atoms with van der Waals surface area (Å²) in [5, 5.41) is 70.5. The molecule has 0 fully saturated rings. The number of aromatic nitrogens is 7. The van der Waals surface area contributed by atoms with Crippen LogP contribution in [0.5, 0.6) is 0 Å². The van der Waals surface area contributed by atoms with Gasteiger partial charge in [-0.05, 0) is 139 Å². The van der Waals surface area contributed by atoms with Gasteiger partial charge in [-0.25, -0.2) is 33.7 Å². The summed E-state index contributed by atoms with van der Waals surface area (Å²) in [4.78, 5) is 64.3. The van der Waals surface area contributed by atoms with Crippen molar-refractivity contribution in [3.63, 3.8) is 0 Å². The summed E-state index contributed by atoms with van der Waals surface area (Å²) in [7, 11) is -10.2. The minimum Gasteiger partial charge on any atom is -0.398 e. The number of pyridine rings is 7. The maximum atomic E-state index is 13.4. The van der Waals surface area contributed by atoms with Gasteiger partial charge in [0.2, 0.25) is 12.4 Å². The maximum Gasteiger partial charge on any atom is 0.310 e. The van der Waals surface area contributed by atoms with E-state index in [1.54, 1.807) is 140 Å². The lowest BCUT2D eigenvalue weighted by Gasteiger charge is -2.21. The van der Waals surface area contributed by atoms with Crippen LogP contribution < -0.4 is 34.3 Å². The number of nitro groups is 1. The van der Waals surface area contributed by atoms with Crippen molar-refractivity contribution >= 4 is 252 Å². The number of aromatic amines is 1. The van der Waals surface area contributed by atoms with E-state index in [0.29, 0.717) is 135 Å². The Morgan fingerprint density at radius 3 is 1.24 bits per heavy atom. The van der Waals surface area contributed by atoms with E-state index >= 15 is 0 Å². The van der Waals surface area contributed by atoms with E-state index in [-0.39, 0.29) is 65.1 Å². The standard InChI is InChI=1S/C18H13ClN3O3S.C18H12ClN3O3S.C18H12ClN3O2S.C9H5Cl2NO2S.C9H5ClN2O2.C9H7ClN2.C9H6ClN.C9H8N2.C4H6O3.CH4/c19-15-11-21(23)10-14-2-1-3-17(18(14)15)26(24,25)22-7-6-13-5-4-12(9-20)8-16(13)22;19-14-10-21-18(23)13-2-1-3-16(17(13)14)26(24,25)22-7-6-12-5-4-11(9-20)8-15(12)22;19-15-11-21-10-14-2-1-3-17(18(14)15)25(23,24)22-7-6-13-5-4-12(9-20)8-16(13)22;10-7-5-12-4-6-2-1-3-8(9(6)7)15(11,13)14;10-7-5-11-4-6-2-1-3-8(9(6)7)12(13)14;10-7-5-12-4-6-2-1-3-8(11)9(6)7;10-9-6-11-5-7-3-1-2-4-8(7)9;10-6-7-1-2-8-3-4-11-9(8)5-7;1-3(5)7-4(2)6;/h1-5,8,10-11,23H,6-7H2;1-5,8,10H,6-7H2,(H,21,23);1-5,8,10-11H,6-7H2;1-5H;1-5H;1-5H,11H2;1-6H;1-2,5,11H,3-4H2;1-2H3;1H4/q+1;;;;;;;;;. The van der Waals surface area contributed by atoms with Crippen molar-refractivity contribution in [3.05, 3.63) is 387 Å². The minimum absolute atomic E-state index is 0. The number of nitrogens with two attached hydrogens (primary N) is 1. The van der Waals surface area contributed by atoms with Crippen LogP contribution >= 0.6 is 91.9 Å². The van der Waals surface area contributed by atoms with Crippen LogP contribution in [0.4, 0.5) is 34.1 Å². The van der Waals surface area contributed by atoms with Gasteiger partial charge < -0.3 is 20.8 Å². The third-order valence-corrected chi connectivity index (χ3v) is 31.7. The lowest BCUT2D eigenvalue weighted by Crippen LogP contribution is -2.31. The molecule has 0 aliphatic carbocycles. The van der Waals surface area contributed by atoms with E-state index in [1.165, 1.54) is 112 Å². The summed E-state index contributed by atoms with van der Waals surface area (Å²) in [6.07, 6.45) is 22.5. The van der Waals surface area contributed by atoms with Gasteiger partial charge in [0, 0.05) is 206 Å². The minimum atomic E-state index is -3.96. The van der Waals surface area contributed by atoms with E-state index in [4.69, 9.17) is 119 Å². The number of benzene rings is 11. The molecule has 0 saturated carbocycles. The fourth-order valence-electron chi connectivity index (χ4n) is 16.2. The number of carbonyl (C=O) groups is 2. The van der Waals surface area contributed by atoms with E-state index in [1.807, 2.05) is 78.9 Å². The topological polar surface area (TPSA) is 487 Å². The first-order valence-corrected chi connectivity index (χ1v) is 52.7. The molecule has 11 aromatic carbocycles. The average Bonchev–Trinajstić information content (AvgIpc) is 1.51. The molecule has 18 aromatic rings. The Balaban J connectivity index is 0.000000143. The largest absolute Gasteiger partial charge is 0.398 e. The second-order valence-corrected chi connectivity index (χ2v) is 42.9. The summed E-state index contributed by atoms with van der Waals surface area (Å²) >= 11 is 42.2. The first-order chi connectivity index (χ1) is 70.2. The molecule has 44 heteroatoms. The molecule has 4 aliphatic heterocycles. The number of nitriles is 4. The third kappa shape index (κ3) is 24.7. The Labute approximate surface area is 886 Å². The Kier molecular flexibility index (Phi) is 35.4. The molecule has 4 aliphatic rings. The number of nitro benzene ring substituents is 1. The van der Waals surface area contributed by atoms with Gasteiger partial charge in [0.25, 0.3) is 50.4 Å². The van der Waals surface area contributed by atoms with Crippen LogP contribution in [-0.2, 0) is 79.1 Å². The van der Waals surface area contributed by atoms with Crippen molar-refractivity contribution in [1.82, 2.24) is 29.9 Å². The molecule has 0 bridgehead atoms. The number of non-ortho nitro benzene ring substituents is 1. The molecule has 32 nitrogen and oxygen atoms in total. The summed E-state index contributed by atoms with van der Waals surface area (Å²) in [6, 6.07) is 66.6. The molecule has 5 N–H and O–H groups in total. The highest BCUT2D eigenvalue weighted by atomic mass is 35.7. The number of ether oxygens (including phenoxy) is 1. The maximum absolute atomic E-state index is 13.4. The zero-order valence-corrected chi connectivity index (χ0v) is 85.8. The lowest BCUT2D eigenvalue weighted by atomic mass is 10.1. The number of H-pyrrole nitrogens is 1. The molecule has 7 aromatic heterocycles. The van der Waals surface area contributed by atoms with Crippen molar-refractivity contribution in [2.75, 3.05) is 50.1 Å². The number of halogens is 8. The summed E-state index contributed by atoms with van der Waals surface area (Å²) < 4.78 is 111. The summed E-state index contributed by atoms with van der Waals surface area (Å²) in [5.41, 5.74) is 14.7. The number of esters is 2. The predicted octanol–water partition coefficient (Wildman–Crippen LogP) is 22.2. The number of rotatable bonds is 8. The number of hydrogen-bond acceptors (Lipinski definition) is 26. The normalized spacial score (nSPS) is 12.2. The SMILES string of the molecule is C.CC(=O)OC(C)=O.Clc1cncc2ccccc12.N#Cc1ccc2c(c1)N(S(=O)(=O)c1cccc3c(=O)[nH]cc(Cl)c13)CC2.N#Cc1ccc2c(c1)N(S(=O)(=O)c1cccc3c[n+](O)cc(Cl)c13)CC2.N#Cc1ccc2c(c1)N(S(=O)(=O)c1cccc3cncc(Cl)c13)CC2.N#Cc1ccc2c(c1)NCC2.Nc1cccc2cncc(Cl)c12.O=S(=O)(Cl)c1cccc2cncc(Cl)c12.O=[N+]([O-])c1cccc2cncc(Cl)c12. The second-order valence-electron chi connectivity index (χ2n) is 32.0. The highest BCUT2D eigenvalue weighted by Gasteiger charge is 2.37. The van der Waals surface area contributed by atoms with Crippen LogP contribution in [0.2, 0.25) is 35.2 Å². The van der Waals surface area contributed by atoms with Crippen LogP contribution in [0.15, 0.2) is 311 Å². The van der Waals surface area contributed by atoms with Gasteiger partial charge in [0.1, 0.15) is 5.02 Å². The molecular weight excluding hydrogens is 2140 g/mol. The molecule has 0 unspecified atom stereocenters. The molecule has 0 saturated heterocycles. The number of nitrogens with zero attached hydrogens (tertiary/aromatic N) is 14. The first kappa shape index (κ1) is 110. The van der Waals surface area contributed by atoms with Crippen LogP contribution in [0.1, 0.15) is 65.8 Å². The van der Waals surface area contributed by atoms with Crippen LogP contribution in [-0.4, -0.2) is 112 Å². The Bertz CT molecular complexity index is 9010. The smallest absolute Gasteiger partial charge is 0.310 e. The zero-order chi connectivity index (χ0) is 106. The molecule has 748 valence electrons. The second kappa shape index (κ2) is 47.8. The van der Waals surface area contributed by atoms with Crippen molar-refractivity contribution < 1.29 is 62.9 Å². The zero-order valence-electron chi connectivity index (χ0n) is 76.5. The first-order valence-electron chi connectivity index (χ1n) is 43.4. The quantitative estimate of drug-likeness (QED) is 0.0160. The van der Waals surface area contributed by atoms with Crippen molar-refractivity contribution in [1.29, 1.82) is 21.0 Å². The lowest BCUT2D eigenvalue weighted by molar-refractivity contribution is -0.903. The number of nitrogens with one attached hydrogen (secondary N) is 2. The number of nitrogen functional groups attached to an aromatic ring is 1. The van der Waals surface area contributed by atoms with E-state index in [2.05, 4.69) is 52.1 Å². The van der Waals surface area contributed by atoms with Gasteiger partial charge in [0.15, 0.2) is 0 Å². The summed E-state index contributed by atoms with van der Waals surface area (Å²) in [5.74, 6) is -1.12. The fourth-order valence-corrected chi connectivity index (χ4v) is 24.6. The Morgan fingerprint density at radius 1 is 0.426 bits per heavy atom. The monoisotopic (exact) mass is 2210 g/mol. The van der Waals surface area contributed by atoms with Gasteiger partial charge in [-0.2, -0.15) is 21.0 Å². The Morgan fingerprint density at radius 2 is 0.791 bits per heavy atom. The predicted molar refractivity (Wildman–Crippen MR) is 574 cm³/mol. The molecule has 0 spiro atoms. The van der Waals surface area contributed by atoms with Crippen LogP contribution in [0.3, 0.4) is 0 Å². The number of carbonyl (C=O) groups excluding carboxylic acids is 2. The Hall–Kier alpha value is -15.5. The molecule has 148 heavy (non-hydrogen) atoms. The van der Waals surface area contributed by atoms with E-state index < -0.39 is 61.5 Å². The van der Waals surface area contributed by atoms with Gasteiger partial charge in [0.05, 0.1) is 129 Å².